The van der Waals surface area contributed by atoms with Gasteiger partial charge in [-0.25, -0.2) is 0 Å². The van der Waals surface area contributed by atoms with Crippen molar-refractivity contribution >= 4 is 17.1 Å². The molecular weight excluding hydrogens is 212 g/mol. The van der Waals surface area contributed by atoms with Gasteiger partial charge < -0.3 is 0 Å². The van der Waals surface area contributed by atoms with E-state index >= 15 is 0 Å². The number of rotatable bonds is 3. The van der Waals surface area contributed by atoms with Crippen LogP contribution in [0.4, 0.5) is 0 Å². The number of thiocarbonyl (C=S) groups is 1. The second-order valence-corrected chi connectivity index (χ2v) is 7.38. The molecule has 1 aliphatic carbocycles. The molecule has 1 rings (SSSR count). The first-order valence-electron chi connectivity index (χ1n) is 6.76. The minimum absolute atomic E-state index is 0.474. The van der Waals surface area contributed by atoms with Crippen molar-refractivity contribution < 1.29 is 0 Å². The first-order chi connectivity index (χ1) is 7.26. The summed E-state index contributed by atoms with van der Waals surface area (Å²) in [6.45, 7) is 14.3. The van der Waals surface area contributed by atoms with Crippen LogP contribution < -0.4 is 0 Å². The summed E-state index contributed by atoms with van der Waals surface area (Å²) in [5.74, 6) is 3.27. The van der Waals surface area contributed by atoms with Crippen molar-refractivity contribution in [2.75, 3.05) is 0 Å². The van der Waals surface area contributed by atoms with Crippen molar-refractivity contribution in [1.82, 2.24) is 0 Å². The second-order valence-electron chi connectivity index (χ2n) is 6.69. The molecule has 0 aromatic carbocycles. The molecule has 0 saturated heterocycles. The molecule has 0 spiro atoms. The Kier molecular flexibility index (Phi) is 4.57. The van der Waals surface area contributed by atoms with Gasteiger partial charge >= 0.3 is 0 Å². The van der Waals surface area contributed by atoms with Gasteiger partial charge in [-0.15, -0.1) is 0 Å². The van der Waals surface area contributed by atoms with Crippen LogP contribution in [0.5, 0.6) is 0 Å². The van der Waals surface area contributed by atoms with E-state index in [1.165, 1.54) is 17.7 Å². The molecule has 94 valence electrons. The maximum absolute atomic E-state index is 5.28. The van der Waals surface area contributed by atoms with Gasteiger partial charge in [-0.1, -0.05) is 53.3 Å². The zero-order chi connectivity index (χ0) is 12.5. The van der Waals surface area contributed by atoms with Crippen molar-refractivity contribution in [3.8, 4) is 0 Å². The summed E-state index contributed by atoms with van der Waals surface area (Å²) < 4.78 is 0. The predicted octanol–water partition coefficient (Wildman–Crippen LogP) is 5.11. The van der Waals surface area contributed by atoms with Gasteiger partial charge in [-0.05, 0) is 53.7 Å². The Hall–Kier alpha value is 0.0900. The highest BCUT2D eigenvalue weighted by Gasteiger charge is 2.43. The first kappa shape index (κ1) is 14.2. The van der Waals surface area contributed by atoms with Gasteiger partial charge in [0.05, 0.1) is 0 Å². The van der Waals surface area contributed by atoms with Crippen LogP contribution in [-0.2, 0) is 0 Å². The van der Waals surface area contributed by atoms with Gasteiger partial charge in [0.15, 0.2) is 0 Å². The summed E-state index contributed by atoms with van der Waals surface area (Å²) in [5, 5.41) is 0. The average molecular weight is 240 g/mol. The molecule has 4 atom stereocenters. The highest BCUT2D eigenvalue weighted by Crippen LogP contribution is 2.51. The van der Waals surface area contributed by atoms with E-state index in [4.69, 9.17) is 12.2 Å². The number of hydrogen-bond acceptors (Lipinski definition) is 1. The first-order valence-corrected chi connectivity index (χ1v) is 7.17. The predicted molar refractivity (Wildman–Crippen MR) is 76.9 cm³/mol. The van der Waals surface area contributed by atoms with Crippen LogP contribution in [0.2, 0.25) is 0 Å². The number of hydrogen-bond donors (Lipinski definition) is 0. The Morgan fingerprint density at radius 3 is 2.38 bits per heavy atom. The smallest absolute Gasteiger partial charge is 0.00997 e. The third kappa shape index (κ3) is 2.85. The van der Waals surface area contributed by atoms with Crippen LogP contribution in [0, 0.1) is 29.1 Å². The summed E-state index contributed by atoms with van der Waals surface area (Å²) in [6.07, 6.45) is 3.92. The van der Waals surface area contributed by atoms with Crippen LogP contribution in [-0.4, -0.2) is 4.86 Å². The molecule has 1 heteroatoms. The summed E-state index contributed by atoms with van der Waals surface area (Å²) in [4.78, 5) is 1.17. The highest BCUT2D eigenvalue weighted by molar-refractivity contribution is 7.80. The molecule has 4 unspecified atom stereocenters. The van der Waals surface area contributed by atoms with E-state index in [1.807, 2.05) is 0 Å². The van der Waals surface area contributed by atoms with Crippen LogP contribution in [0.15, 0.2) is 0 Å². The molecular formula is C15H28S. The van der Waals surface area contributed by atoms with E-state index in [0.29, 0.717) is 5.41 Å². The van der Waals surface area contributed by atoms with E-state index in [1.54, 1.807) is 0 Å². The Morgan fingerprint density at radius 2 is 1.88 bits per heavy atom. The lowest BCUT2D eigenvalue weighted by molar-refractivity contribution is -0.00475. The average Bonchev–Trinajstić information content (AvgIpc) is 2.10. The van der Waals surface area contributed by atoms with E-state index in [0.717, 1.165) is 30.1 Å². The molecule has 1 aliphatic rings. The largest absolute Gasteiger partial charge is 0.0900 e. The van der Waals surface area contributed by atoms with Crippen LogP contribution >= 0.6 is 12.2 Å². The molecule has 1 saturated carbocycles. The molecule has 0 bridgehead atoms. The Labute approximate surface area is 107 Å². The topological polar surface area (TPSA) is 0 Å². The molecule has 0 nitrogen and oxygen atoms in total. The van der Waals surface area contributed by atoms with Gasteiger partial charge in [0.1, 0.15) is 0 Å². The lowest BCUT2D eigenvalue weighted by atomic mass is 9.55. The molecule has 0 amide bonds. The molecule has 0 radical (unpaired) electrons. The van der Waals surface area contributed by atoms with Gasteiger partial charge in [0.25, 0.3) is 0 Å². The van der Waals surface area contributed by atoms with E-state index in [2.05, 4.69) is 41.5 Å². The molecule has 0 aromatic rings. The Balaban J connectivity index is 2.84. The lowest BCUT2D eigenvalue weighted by Crippen LogP contribution is -2.43. The van der Waals surface area contributed by atoms with E-state index in [9.17, 15) is 0 Å². The SMILES string of the molecule is CC(=S)CC(C)C1C(C)CCC(C)C1(C)C. The fourth-order valence-electron chi connectivity index (χ4n) is 4.00. The third-order valence-electron chi connectivity index (χ3n) is 5.02. The minimum atomic E-state index is 0.474. The molecule has 0 heterocycles. The Morgan fingerprint density at radius 1 is 1.31 bits per heavy atom. The maximum atomic E-state index is 5.28. The highest BCUT2D eigenvalue weighted by atomic mass is 32.1. The summed E-state index contributed by atoms with van der Waals surface area (Å²) >= 11 is 5.28. The van der Waals surface area contributed by atoms with Gasteiger partial charge in [-0.2, -0.15) is 0 Å². The molecule has 0 aliphatic heterocycles. The minimum Gasteiger partial charge on any atom is -0.0900 e. The van der Waals surface area contributed by atoms with Crippen LogP contribution in [0.25, 0.3) is 0 Å². The van der Waals surface area contributed by atoms with Crippen molar-refractivity contribution in [2.45, 2.75) is 60.8 Å². The zero-order valence-corrected chi connectivity index (χ0v) is 12.7. The Bertz CT molecular complexity index is 254. The lowest BCUT2D eigenvalue weighted by Gasteiger charge is -2.50. The van der Waals surface area contributed by atoms with Crippen LogP contribution in [0.1, 0.15) is 60.8 Å². The molecule has 0 aromatic heterocycles. The zero-order valence-electron chi connectivity index (χ0n) is 11.8. The monoisotopic (exact) mass is 240 g/mol. The van der Waals surface area contributed by atoms with Crippen molar-refractivity contribution in [1.29, 1.82) is 0 Å². The van der Waals surface area contributed by atoms with Gasteiger partial charge in [-0.3, -0.25) is 0 Å². The fraction of sp³-hybridized carbons (Fsp3) is 0.933. The summed E-state index contributed by atoms with van der Waals surface area (Å²) in [6, 6.07) is 0. The summed E-state index contributed by atoms with van der Waals surface area (Å²) in [7, 11) is 0. The molecule has 0 N–H and O–H groups in total. The quantitative estimate of drug-likeness (QED) is 0.618. The van der Waals surface area contributed by atoms with Crippen molar-refractivity contribution in [3.05, 3.63) is 0 Å². The van der Waals surface area contributed by atoms with Crippen molar-refractivity contribution in [2.24, 2.45) is 29.1 Å². The molecule has 16 heavy (non-hydrogen) atoms. The van der Waals surface area contributed by atoms with Crippen molar-refractivity contribution in [3.63, 3.8) is 0 Å². The fourth-order valence-corrected chi connectivity index (χ4v) is 4.26. The van der Waals surface area contributed by atoms with Gasteiger partial charge in [0.2, 0.25) is 0 Å². The summed E-state index contributed by atoms with van der Waals surface area (Å²) in [5.41, 5.74) is 0.474. The second kappa shape index (κ2) is 5.16. The third-order valence-corrected chi connectivity index (χ3v) is 5.19. The van der Waals surface area contributed by atoms with E-state index in [-0.39, 0.29) is 0 Å². The van der Waals surface area contributed by atoms with Gasteiger partial charge in [0, 0.05) is 0 Å². The van der Waals surface area contributed by atoms with E-state index < -0.39 is 0 Å². The molecule has 1 fully saturated rings. The standard InChI is InChI=1S/C15H28S/c1-10-7-8-12(3)15(5,6)14(10)11(2)9-13(4)16/h10-12,14H,7-9H2,1-6H3. The van der Waals surface area contributed by atoms with Crippen LogP contribution in [0.3, 0.4) is 0 Å². The normalized spacial score (nSPS) is 35.8. The maximum Gasteiger partial charge on any atom is -0.00997 e.